The molecule has 9 nitrogen and oxygen atoms in total. The lowest BCUT2D eigenvalue weighted by molar-refractivity contribution is -0.387. The minimum Gasteiger partial charge on any atom is -0.481 e. The first kappa shape index (κ1) is 18.9. The van der Waals surface area contributed by atoms with Crippen LogP contribution in [0.4, 0.5) is 24.5 Å². The van der Waals surface area contributed by atoms with Crippen molar-refractivity contribution in [1.82, 2.24) is 0 Å². The Balaban J connectivity index is 2.57. The Morgan fingerprint density at radius 2 is 1.96 bits per heavy atom. The van der Waals surface area contributed by atoms with Crippen LogP contribution >= 0.6 is 0 Å². The summed E-state index contributed by atoms with van der Waals surface area (Å²) in [5.41, 5.74) is -1.42. The molecule has 13 heteroatoms. The number of halogens is 3. The van der Waals surface area contributed by atoms with E-state index in [-0.39, 0.29) is 0 Å². The predicted octanol–water partition coefficient (Wildman–Crippen LogP) is 0.942. The fourth-order valence-corrected chi connectivity index (χ4v) is 3.48. The first-order valence-corrected chi connectivity index (χ1v) is 8.23. The summed E-state index contributed by atoms with van der Waals surface area (Å²) in [6.07, 6.45) is -4.83. The van der Waals surface area contributed by atoms with Gasteiger partial charge in [0.2, 0.25) is 10.0 Å². The van der Waals surface area contributed by atoms with Gasteiger partial charge in [0.15, 0.2) is 4.90 Å². The van der Waals surface area contributed by atoms with Crippen molar-refractivity contribution in [2.24, 2.45) is 17.0 Å². The second-order valence-electron chi connectivity index (χ2n) is 5.42. The lowest BCUT2D eigenvalue weighted by Crippen LogP contribution is -2.33. The Bertz CT molecular complexity index is 826. The van der Waals surface area contributed by atoms with Crippen molar-refractivity contribution in [1.29, 1.82) is 0 Å². The molecule has 1 heterocycles. The van der Waals surface area contributed by atoms with E-state index in [2.05, 4.69) is 0 Å². The molecule has 0 radical (unpaired) electrons. The van der Waals surface area contributed by atoms with Gasteiger partial charge in [-0.25, -0.2) is 13.6 Å². The maximum absolute atomic E-state index is 13.0. The second-order valence-corrected chi connectivity index (χ2v) is 6.95. The van der Waals surface area contributed by atoms with Crippen LogP contribution in [0.3, 0.4) is 0 Å². The van der Waals surface area contributed by atoms with Gasteiger partial charge in [-0.05, 0) is 12.1 Å². The summed E-state index contributed by atoms with van der Waals surface area (Å²) in [4.78, 5) is 21.3. The van der Waals surface area contributed by atoms with Gasteiger partial charge >= 0.3 is 17.8 Å². The summed E-state index contributed by atoms with van der Waals surface area (Å²) in [5.74, 6) is -5.78. The van der Waals surface area contributed by atoms with Gasteiger partial charge in [0.25, 0.3) is 0 Å². The molecule has 1 fully saturated rings. The Labute approximate surface area is 139 Å². The summed E-state index contributed by atoms with van der Waals surface area (Å²) >= 11 is 0. The molecular formula is C12H12F3N3O6S. The molecule has 0 bridgehead atoms. The smallest absolute Gasteiger partial charge is 0.394 e. The molecule has 1 aromatic rings. The van der Waals surface area contributed by atoms with E-state index in [0.29, 0.717) is 0 Å². The number of nitro benzene ring substituents is 1. The van der Waals surface area contributed by atoms with Gasteiger partial charge in [0.1, 0.15) is 5.69 Å². The topological polar surface area (TPSA) is 144 Å². The maximum atomic E-state index is 13.0. The summed E-state index contributed by atoms with van der Waals surface area (Å²) in [6.45, 7) is -1.51. The monoisotopic (exact) mass is 383 g/mol. The molecule has 138 valence electrons. The van der Waals surface area contributed by atoms with Crippen molar-refractivity contribution in [3.05, 3.63) is 28.3 Å². The largest absolute Gasteiger partial charge is 0.481 e. The van der Waals surface area contributed by atoms with Gasteiger partial charge < -0.3 is 10.0 Å². The highest BCUT2D eigenvalue weighted by atomic mass is 32.2. The van der Waals surface area contributed by atoms with Crippen LogP contribution in [-0.2, 0) is 14.8 Å². The number of carboxylic acids is 1. The molecule has 0 aliphatic carbocycles. The number of benzene rings is 1. The lowest BCUT2D eigenvalue weighted by Gasteiger charge is -2.20. The lowest BCUT2D eigenvalue weighted by atomic mass is 9.96. The third-order valence-corrected chi connectivity index (χ3v) is 4.81. The van der Waals surface area contributed by atoms with Crippen molar-refractivity contribution < 1.29 is 36.4 Å². The van der Waals surface area contributed by atoms with Gasteiger partial charge in [-0.2, -0.15) is 13.2 Å². The molecule has 0 unspecified atom stereocenters. The second kappa shape index (κ2) is 6.15. The van der Waals surface area contributed by atoms with E-state index >= 15 is 0 Å². The predicted molar refractivity (Wildman–Crippen MR) is 77.4 cm³/mol. The number of nitro groups is 1. The Hall–Kier alpha value is -2.41. The number of para-hydroxylation sites is 1. The average Bonchev–Trinajstić information content (AvgIpc) is 2.90. The van der Waals surface area contributed by atoms with Crippen LogP contribution in [0.15, 0.2) is 23.1 Å². The minimum atomic E-state index is -4.83. The molecule has 2 atom stereocenters. The van der Waals surface area contributed by atoms with Gasteiger partial charge in [-0.15, -0.1) is 0 Å². The highest BCUT2D eigenvalue weighted by Crippen LogP contribution is 2.42. The third kappa shape index (κ3) is 3.66. The van der Waals surface area contributed by atoms with Gasteiger partial charge in [0, 0.05) is 13.1 Å². The van der Waals surface area contributed by atoms with Gasteiger partial charge in [0.05, 0.1) is 16.8 Å². The molecule has 0 amide bonds. The highest BCUT2D eigenvalue weighted by Gasteiger charge is 2.53. The third-order valence-electron chi connectivity index (χ3n) is 3.86. The SMILES string of the molecule is NS(=O)(=O)c1cccc(N2C[C@@H](C(F)(F)F)[C@H](C(=O)O)C2)c1[N+](=O)[O-]. The molecule has 1 aromatic carbocycles. The Morgan fingerprint density at radius 1 is 1.36 bits per heavy atom. The first-order valence-electron chi connectivity index (χ1n) is 6.68. The summed E-state index contributed by atoms with van der Waals surface area (Å²) < 4.78 is 62.1. The maximum Gasteiger partial charge on any atom is 0.394 e. The molecule has 1 saturated heterocycles. The van der Waals surface area contributed by atoms with E-state index in [4.69, 9.17) is 10.2 Å². The van der Waals surface area contributed by atoms with Crippen LogP contribution in [0, 0.1) is 22.0 Å². The number of rotatable bonds is 4. The number of nitrogens with zero attached hydrogens (tertiary/aromatic N) is 2. The number of carbonyl (C=O) groups is 1. The van der Waals surface area contributed by atoms with E-state index in [1.165, 1.54) is 0 Å². The van der Waals surface area contributed by atoms with Crippen molar-refractivity contribution in [2.75, 3.05) is 18.0 Å². The number of sulfonamides is 1. The number of alkyl halides is 3. The van der Waals surface area contributed by atoms with Gasteiger partial charge in [-0.1, -0.05) is 6.07 Å². The Kier molecular flexibility index (Phi) is 4.65. The van der Waals surface area contributed by atoms with Crippen LogP contribution in [-0.4, -0.2) is 43.7 Å². The molecule has 25 heavy (non-hydrogen) atoms. The van der Waals surface area contributed by atoms with Gasteiger partial charge in [-0.3, -0.25) is 14.9 Å². The number of carboxylic acid groups (broad SMARTS) is 1. The molecule has 0 spiro atoms. The zero-order chi connectivity index (χ0) is 19.2. The zero-order valence-corrected chi connectivity index (χ0v) is 13.1. The molecule has 0 aromatic heterocycles. The molecule has 0 saturated carbocycles. The van der Waals surface area contributed by atoms with E-state index in [1.54, 1.807) is 0 Å². The zero-order valence-electron chi connectivity index (χ0n) is 12.3. The van der Waals surface area contributed by atoms with Crippen LogP contribution in [0.1, 0.15) is 0 Å². The number of aliphatic carboxylic acids is 1. The fraction of sp³-hybridized carbons (Fsp3) is 0.417. The van der Waals surface area contributed by atoms with E-state index < -0.39 is 68.3 Å². The molecule has 1 aliphatic heterocycles. The number of hydrogen-bond donors (Lipinski definition) is 2. The summed E-state index contributed by atoms with van der Waals surface area (Å²) in [7, 11) is -4.51. The van der Waals surface area contributed by atoms with Crippen LogP contribution < -0.4 is 10.0 Å². The van der Waals surface area contributed by atoms with Crippen molar-refractivity contribution >= 4 is 27.4 Å². The Morgan fingerprint density at radius 3 is 2.36 bits per heavy atom. The summed E-state index contributed by atoms with van der Waals surface area (Å²) in [5, 5.41) is 25.2. The molecule has 2 rings (SSSR count). The number of hydrogen-bond acceptors (Lipinski definition) is 6. The first-order chi connectivity index (χ1) is 11.3. The average molecular weight is 383 g/mol. The van der Waals surface area contributed by atoms with Crippen LogP contribution in [0.2, 0.25) is 0 Å². The highest BCUT2D eigenvalue weighted by molar-refractivity contribution is 7.89. The summed E-state index contributed by atoms with van der Waals surface area (Å²) in [6, 6.07) is 2.98. The van der Waals surface area contributed by atoms with Crippen molar-refractivity contribution in [3.63, 3.8) is 0 Å². The number of primary sulfonamides is 1. The quantitative estimate of drug-likeness (QED) is 0.581. The van der Waals surface area contributed by atoms with Crippen molar-refractivity contribution in [2.45, 2.75) is 11.1 Å². The van der Waals surface area contributed by atoms with Crippen LogP contribution in [0.25, 0.3) is 0 Å². The van der Waals surface area contributed by atoms with Crippen molar-refractivity contribution in [3.8, 4) is 0 Å². The number of nitrogens with two attached hydrogens (primary N) is 1. The van der Waals surface area contributed by atoms with Crippen LogP contribution in [0.5, 0.6) is 0 Å². The van der Waals surface area contributed by atoms with E-state index in [9.17, 15) is 36.5 Å². The number of anilines is 1. The standard InChI is InChI=1S/C12H12F3N3O6S/c13-12(14,15)7-5-17(4-6(7)11(19)20)8-2-1-3-9(25(16,23)24)10(8)18(21)22/h1-3,6-7H,4-5H2,(H,19,20)(H2,16,23,24)/t6-,7-/m1/s1. The molecular weight excluding hydrogens is 371 g/mol. The minimum absolute atomic E-state index is 0.436. The molecule has 1 aliphatic rings. The van der Waals surface area contributed by atoms with E-state index in [1.807, 2.05) is 0 Å². The normalized spacial score (nSPS) is 21.4. The fourth-order valence-electron chi connectivity index (χ4n) is 2.76. The van der Waals surface area contributed by atoms with E-state index in [0.717, 1.165) is 23.1 Å². The molecule has 3 N–H and O–H groups in total.